The Morgan fingerprint density at radius 1 is 1.67 bits per heavy atom. The normalized spacial score (nSPS) is 19.0. The fraction of sp³-hybridized carbons (Fsp3) is 0.538. The molecule has 5 nitrogen and oxygen atoms in total. The number of rotatable bonds is 3. The molecule has 2 N–H and O–H groups in total. The van der Waals surface area contributed by atoms with E-state index in [1.165, 1.54) is 6.20 Å². The van der Waals surface area contributed by atoms with Crippen molar-refractivity contribution in [3.05, 3.63) is 17.8 Å². The lowest BCUT2D eigenvalue weighted by Crippen LogP contribution is -2.21. The summed E-state index contributed by atoms with van der Waals surface area (Å²) in [4.78, 5) is 18.2. The van der Waals surface area contributed by atoms with Crippen LogP contribution in [0.3, 0.4) is 0 Å². The molecule has 18 heavy (non-hydrogen) atoms. The fourth-order valence-electron chi connectivity index (χ4n) is 2.16. The highest BCUT2D eigenvalue weighted by Crippen LogP contribution is 2.24. The van der Waals surface area contributed by atoms with Crippen LogP contribution in [0, 0.1) is 5.92 Å². The minimum absolute atomic E-state index is 0.344. The van der Waals surface area contributed by atoms with E-state index in [0.29, 0.717) is 23.8 Å². The quantitative estimate of drug-likeness (QED) is 0.825. The second-order valence-electron chi connectivity index (χ2n) is 4.69. The molecule has 2 heterocycles. The van der Waals surface area contributed by atoms with Gasteiger partial charge in [-0.3, -0.25) is 0 Å². The number of pyridine rings is 1. The van der Waals surface area contributed by atoms with E-state index in [-0.39, 0.29) is 5.97 Å². The van der Waals surface area contributed by atoms with Crippen LogP contribution in [0.25, 0.3) is 0 Å². The Bertz CT molecular complexity index is 448. The average molecular weight is 249 g/mol. The van der Waals surface area contributed by atoms with Crippen LogP contribution in [0.4, 0.5) is 11.5 Å². The summed E-state index contributed by atoms with van der Waals surface area (Å²) < 4.78 is 4.98. The third-order valence-corrected chi connectivity index (χ3v) is 3.16. The van der Waals surface area contributed by atoms with Crippen molar-refractivity contribution in [2.75, 3.05) is 30.3 Å². The fourth-order valence-corrected chi connectivity index (χ4v) is 2.16. The maximum Gasteiger partial charge on any atom is 0.340 e. The molecular formula is C13H19N3O2. The van der Waals surface area contributed by atoms with Gasteiger partial charge in [-0.2, -0.15) is 0 Å². The smallest absolute Gasteiger partial charge is 0.340 e. The summed E-state index contributed by atoms with van der Waals surface area (Å²) in [5.41, 5.74) is 6.53. The SMILES string of the molecule is CCOC(=O)c1cc(N2CCC(C)C2)ncc1N. The van der Waals surface area contributed by atoms with E-state index in [0.717, 1.165) is 25.3 Å². The second kappa shape index (κ2) is 5.25. The zero-order chi connectivity index (χ0) is 13.1. The van der Waals surface area contributed by atoms with Gasteiger partial charge in [0.2, 0.25) is 0 Å². The van der Waals surface area contributed by atoms with Gasteiger partial charge in [-0.25, -0.2) is 9.78 Å². The van der Waals surface area contributed by atoms with Crippen molar-refractivity contribution in [2.24, 2.45) is 5.92 Å². The van der Waals surface area contributed by atoms with Gasteiger partial charge in [-0.15, -0.1) is 0 Å². The second-order valence-corrected chi connectivity index (χ2v) is 4.69. The Kier molecular flexibility index (Phi) is 3.69. The number of anilines is 2. The molecule has 0 bridgehead atoms. The number of nitrogen functional groups attached to an aromatic ring is 1. The van der Waals surface area contributed by atoms with Gasteiger partial charge in [-0.1, -0.05) is 6.92 Å². The van der Waals surface area contributed by atoms with Crippen molar-refractivity contribution in [1.82, 2.24) is 4.98 Å². The molecule has 1 fully saturated rings. The Balaban J connectivity index is 2.23. The number of aromatic nitrogens is 1. The van der Waals surface area contributed by atoms with Gasteiger partial charge < -0.3 is 15.4 Å². The molecule has 1 aliphatic heterocycles. The van der Waals surface area contributed by atoms with Gasteiger partial charge in [0.25, 0.3) is 0 Å². The lowest BCUT2D eigenvalue weighted by Gasteiger charge is -2.18. The number of esters is 1. The summed E-state index contributed by atoms with van der Waals surface area (Å²) in [5.74, 6) is 1.08. The van der Waals surface area contributed by atoms with Gasteiger partial charge >= 0.3 is 5.97 Å². The molecule has 0 spiro atoms. The number of nitrogens with two attached hydrogens (primary N) is 1. The molecule has 2 rings (SSSR count). The molecule has 1 saturated heterocycles. The molecule has 1 aromatic heterocycles. The predicted molar refractivity (Wildman–Crippen MR) is 70.6 cm³/mol. The summed E-state index contributed by atoms with van der Waals surface area (Å²) in [6, 6.07) is 1.73. The molecule has 0 radical (unpaired) electrons. The lowest BCUT2D eigenvalue weighted by atomic mass is 10.2. The van der Waals surface area contributed by atoms with Crippen molar-refractivity contribution in [1.29, 1.82) is 0 Å². The summed E-state index contributed by atoms with van der Waals surface area (Å²) in [6.07, 6.45) is 2.69. The van der Waals surface area contributed by atoms with Crippen LogP contribution in [-0.4, -0.2) is 30.6 Å². The molecule has 5 heteroatoms. The van der Waals surface area contributed by atoms with E-state index < -0.39 is 0 Å². The largest absolute Gasteiger partial charge is 0.462 e. The van der Waals surface area contributed by atoms with Crippen LogP contribution < -0.4 is 10.6 Å². The number of nitrogens with zero attached hydrogens (tertiary/aromatic N) is 2. The van der Waals surface area contributed by atoms with Gasteiger partial charge in [0.1, 0.15) is 5.82 Å². The van der Waals surface area contributed by atoms with E-state index >= 15 is 0 Å². The number of hydrogen-bond donors (Lipinski definition) is 1. The summed E-state index contributed by atoms with van der Waals surface area (Å²) >= 11 is 0. The topological polar surface area (TPSA) is 68.5 Å². The third kappa shape index (κ3) is 2.55. The molecule has 0 aliphatic carbocycles. The van der Waals surface area contributed by atoms with Crippen LogP contribution in [0.1, 0.15) is 30.6 Å². The zero-order valence-corrected chi connectivity index (χ0v) is 10.8. The predicted octanol–water partition coefficient (Wildman–Crippen LogP) is 1.69. The van der Waals surface area contributed by atoms with Crippen molar-refractivity contribution >= 4 is 17.5 Å². The van der Waals surface area contributed by atoms with E-state index in [1.54, 1.807) is 13.0 Å². The molecule has 1 aliphatic rings. The molecule has 1 atom stereocenters. The Morgan fingerprint density at radius 2 is 2.44 bits per heavy atom. The number of hydrogen-bond acceptors (Lipinski definition) is 5. The maximum absolute atomic E-state index is 11.7. The van der Waals surface area contributed by atoms with Crippen molar-refractivity contribution in [3.8, 4) is 0 Å². The Hall–Kier alpha value is -1.78. The monoisotopic (exact) mass is 249 g/mol. The molecule has 1 aromatic rings. The number of ether oxygens (including phenoxy) is 1. The standard InChI is InChI=1S/C13H19N3O2/c1-3-18-13(17)10-6-12(15-7-11(10)14)16-5-4-9(2)8-16/h6-7,9H,3-5,8,14H2,1-2H3. The van der Waals surface area contributed by atoms with Crippen LogP contribution in [0.15, 0.2) is 12.3 Å². The van der Waals surface area contributed by atoms with Crippen LogP contribution >= 0.6 is 0 Å². The molecule has 1 unspecified atom stereocenters. The maximum atomic E-state index is 11.7. The van der Waals surface area contributed by atoms with Crippen LogP contribution in [0.2, 0.25) is 0 Å². The summed E-state index contributed by atoms with van der Waals surface area (Å²) in [7, 11) is 0. The average Bonchev–Trinajstić information content (AvgIpc) is 2.77. The van der Waals surface area contributed by atoms with E-state index in [4.69, 9.17) is 10.5 Å². The highest BCUT2D eigenvalue weighted by atomic mass is 16.5. The van der Waals surface area contributed by atoms with Crippen molar-refractivity contribution in [3.63, 3.8) is 0 Å². The molecular weight excluding hydrogens is 230 g/mol. The van der Waals surface area contributed by atoms with Crippen molar-refractivity contribution < 1.29 is 9.53 Å². The molecule has 0 amide bonds. The molecule has 98 valence electrons. The summed E-state index contributed by atoms with van der Waals surface area (Å²) in [5, 5.41) is 0. The first-order chi connectivity index (χ1) is 8.61. The van der Waals surface area contributed by atoms with Gasteiger partial charge in [0.15, 0.2) is 0 Å². The van der Waals surface area contributed by atoms with Crippen LogP contribution in [0.5, 0.6) is 0 Å². The van der Waals surface area contributed by atoms with Gasteiger partial charge in [0, 0.05) is 13.1 Å². The first-order valence-corrected chi connectivity index (χ1v) is 6.29. The Morgan fingerprint density at radius 3 is 3.06 bits per heavy atom. The third-order valence-electron chi connectivity index (χ3n) is 3.16. The lowest BCUT2D eigenvalue weighted by molar-refractivity contribution is 0.0527. The van der Waals surface area contributed by atoms with E-state index in [9.17, 15) is 4.79 Å². The number of carbonyl (C=O) groups is 1. The molecule has 0 saturated carbocycles. The van der Waals surface area contributed by atoms with Crippen LogP contribution in [-0.2, 0) is 4.74 Å². The minimum atomic E-state index is -0.383. The first-order valence-electron chi connectivity index (χ1n) is 6.29. The highest BCUT2D eigenvalue weighted by Gasteiger charge is 2.21. The highest BCUT2D eigenvalue weighted by molar-refractivity contribution is 5.95. The van der Waals surface area contributed by atoms with Crippen molar-refractivity contribution in [2.45, 2.75) is 20.3 Å². The minimum Gasteiger partial charge on any atom is -0.462 e. The Labute approximate surface area is 107 Å². The number of carbonyl (C=O) groups excluding carboxylic acids is 1. The van der Waals surface area contributed by atoms with E-state index in [2.05, 4.69) is 16.8 Å². The van der Waals surface area contributed by atoms with E-state index in [1.807, 2.05) is 0 Å². The van der Waals surface area contributed by atoms with Gasteiger partial charge in [-0.05, 0) is 25.3 Å². The zero-order valence-electron chi connectivity index (χ0n) is 10.8. The first kappa shape index (κ1) is 12.7. The van der Waals surface area contributed by atoms with Gasteiger partial charge in [0.05, 0.1) is 24.1 Å². The molecule has 0 aromatic carbocycles. The summed E-state index contributed by atoms with van der Waals surface area (Å²) in [6.45, 7) is 6.28.